The Labute approximate surface area is 216 Å². The number of nitrogens with two attached hydrogens (primary N) is 1. The molecule has 1 aliphatic rings. The van der Waals surface area contributed by atoms with Crippen LogP contribution in [0.3, 0.4) is 0 Å². The van der Waals surface area contributed by atoms with Crippen LogP contribution in [0.25, 0.3) is 17.5 Å². The predicted octanol–water partition coefficient (Wildman–Crippen LogP) is 1.73. The van der Waals surface area contributed by atoms with Crippen LogP contribution in [0.4, 0.5) is 5.69 Å². The lowest BCUT2D eigenvalue weighted by molar-refractivity contribution is -0.133. The number of aryl methyl sites for hydroxylation is 2. The Balaban J connectivity index is 2.06. The molecule has 10 heteroatoms. The maximum Gasteiger partial charge on any atom is 0.332 e. The molecule has 0 saturated heterocycles. The van der Waals surface area contributed by atoms with E-state index in [2.05, 4.69) is 16.1 Å². The van der Waals surface area contributed by atoms with E-state index in [4.69, 9.17) is 10.5 Å². The molecule has 0 radical (unpaired) electrons. The lowest BCUT2D eigenvalue weighted by Crippen LogP contribution is -2.41. The van der Waals surface area contributed by atoms with E-state index in [1.165, 1.54) is 14.2 Å². The monoisotopic (exact) mass is 516 g/mol. The first-order chi connectivity index (χ1) is 17.7. The molecule has 188 valence electrons. The fraction of sp³-hybridized carbons (Fsp3) is 0.185. The van der Waals surface area contributed by atoms with Crippen LogP contribution in [-0.4, -0.2) is 30.7 Å². The van der Waals surface area contributed by atoms with Gasteiger partial charge in [-0.1, -0.05) is 29.8 Å². The van der Waals surface area contributed by atoms with Crippen molar-refractivity contribution in [2.45, 2.75) is 19.8 Å². The van der Waals surface area contributed by atoms with Gasteiger partial charge in [0.25, 0.3) is 11.5 Å². The molecule has 4 rings (SSSR count). The van der Waals surface area contributed by atoms with E-state index in [9.17, 15) is 19.6 Å². The van der Waals surface area contributed by atoms with Crippen LogP contribution in [0.5, 0.6) is 5.75 Å². The van der Waals surface area contributed by atoms with Crippen LogP contribution in [-0.2, 0) is 14.3 Å². The molecule has 2 heterocycles. The van der Waals surface area contributed by atoms with Gasteiger partial charge in [0.05, 0.1) is 37.4 Å². The van der Waals surface area contributed by atoms with Crippen LogP contribution < -0.4 is 30.5 Å². The first-order valence-electron chi connectivity index (χ1n) is 11.2. The summed E-state index contributed by atoms with van der Waals surface area (Å²) in [7, 11) is 2.71. The Morgan fingerprint density at radius 1 is 1.19 bits per heavy atom. The van der Waals surface area contributed by atoms with Crippen LogP contribution in [0.2, 0.25) is 0 Å². The molecule has 0 spiro atoms. The standard InChI is InChI=1S/C27H24N4O5S/c1-14-8-9-19(15(2)10-14)30-25(33)23-22(16-6-5-7-17(11-16)35-3)18(13-28)24(29)31-26(34)20(37-27(23)31)12-21(32)36-4/h5-12,22H,29H2,1-4H3,(H,30,33)/b20-12-. The van der Waals surface area contributed by atoms with Crippen LogP contribution in [0.1, 0.15) is 22.6 Å². The normalized spacial score (nSPS) is 15.2. The SMILES string of the molecule is COC(=O)/C=c1\sc2n(c1=O)C(N)=C(C#N)C(c1cccc(OC)c1)C=2C(=O)Nc1ccc(C)cc1C. The number of amides is 1. The number of hydrogen-bond donors (Lipinski definition) is 2. The highest BCUT2D eigenvalue weighted by molar-refractivity contribution is 7.07. The van der Waals surface area contributed by atoms with Gasteiger partial charge in [0.2, 0.25) is 0 Å². The number of esters is 1. The molecule has 9 nitrogen and oxygen atoms in total. The molecule has 1 atom stereocenters. The van der Waals surface area contributed by atoms with Crippen molar-refractivity contribution in [2.75, 3.05) is 19.5 Å². The number of carbonyl (C=O) groups is 2. The summed E-state index contributed by atoms with van der Waals surface area (Å²) >= 11 is 0.925. The number of fused-ring (bicyclic) bond motifs is 1. The van der Waals surface area contributed by atoms with Gasteiger partial charge in [0.1, 0.15) is 20.8 Å². The first-order valence-corrected chi connectivity index (χ1v) is 12.0. The maximum atomic E-state index is 13.9. The number of anilines is 1. The molecular weight excluding hydrogens is 492 g/mol. The number of carbonyl (C=O) groups excluding carboxylic acids is 2. The maximum absolute atomic E-state index is 13.9. The van der Waals surface area contributed by atoms with Gasteiger partial charge in [-0.15, -0.1) is 11.3 Å². The quantitative estimate of drug-likeness (QED) is 0.493. The average Bonchev–Trinajstić information content (AvgIpc) is 3.20. The van der Waals surface area contributed by atoms with Gasteiger partial charge in [0, 0.05) is 11.8 Å². The number of nitriles is 1. The molecule has 0 fully saturated rings. The summed E-state index contributed by atoms with van der Waals surface area (Å²) < 4.78 is 11.4. The van der Waals surface area contributed by atoms with Gasteiger partial charge in [-0.25, -0.2) is 4.79 Å². The number of nitrogens with zero attached hydrogens (tertiary/aromatic N) is 2. The number of benzene rings is 2. The van der Waals surface area contributed by atoms with Crippen LogP contribution in [0.15, 0.2) is 52.8 Å². The smallest absolute Gasteiger partial charge is 0.332 e. The molecule has 0 saturated carbocycles. The number of nitrogens with one attached hydrogen (secondary N) is 1. The summed E-state index contributed by atoms with van der Waals surface area (Å²) in [6.07, 6.45) is 1.04. The Morgan fingerprint density at radius 2 is 1.95 bits per heavy atom. The molecule has 1 amide bonds. The molecule has 37 heavy (non-hydrogen) atoms. The summed E-state index contributed by atoms with van der Waals surface area (Å²) in [6.45, 7) is 3.82. The van der Waals surface area contributed by atoms with Crippen molar-refractivity contribution in [3.05, 3.63) is 84.3 Å². The van der Waals surface area contributed by atoms with Crippen LogP contribution in [0, 0.1) is 25.2 Å². The minimum atomic E-state index is -0.894. The van der Waals surface area contributed by atoms with Crippen molar-refractivity contribution in [2.24, 2.45) is 5.73 Å². The third-order valence-electron chi connectivity index (χ3n) is 6.02. The lowest BCUT2D eigenvalue weighted by Gasteiger charge is -2.25. The van der Waals surface area contributed by atoms with Crippen molar-refractivity contribution in [1.29, 1.82) is 5.26 Å². The van der Waals surface area contributed by atoms with Gasteiger partial charge < -0.3 is 20.5 Å². The molecular formula is C27H24N4O5S. The molecule has 1 unspecified atom stereocenters. The number of methoxy groups -OCH3 is 2. The number of allylic oxidation sites excluding steroid dienone is 1. The third kappa shape index (κ3) is 4.64. The number of thiazole rings is 1. The minimum Gasteiger partial charge on any atom is -0.497 e. The summed E-state index contributed by atoms with van der Waals surface area (Å²) in [6, 6.07) is 14.6. The highest BCUT2D eigenvalue weighted by Gasteiger charge is 2.36. The lowest BCUT2D eigenvalue weighted by atomic mass is 9.83. The van der Waals surface area contributed by atoms with E-state index in [0.29, 0.717) is 17.0 Å². The van der Waals surface area contributed by atoms with Gasteiger partial charge in [-0.2, -0.15) is 5.26 Å². The Bertz CT molecular complexity index is 1690. The molecule has 1 aromatic heterocycles. The number of rotatable bonds is 5. The summed E-state index contributed by atoms with van der Waals surface area (Å²) in [5.74, 6) is -1.73. The second-order valence-corrected chi connectivity index (χ2v) is 9.42. The summed E-state index contributed by atoms with van der Waals surface area (Å²) in [5.41, 5.74) is 8.94. The average molecular weight is 517 g/mol. The van der Waals surface area contributed by atoms with Gasteiger partial charge >= 0.3 is 5.97 Å². The molecule has 0 bridgehead atoms. The van der Waals surface area contributed by atoms with E-state index in [1.807, 2.05) is 26.0 Å². The van der Waals surface area contributed by atoms with E-state index in [0.717, 1.165) is 33.1 Å². The van der Waals surface area contributed by atoms with Crippen molar-refractivity contribution in [3.63, 3.8) is 0 Å². The number of hydrogen-bond acceptors (Lipinski definition) is 8. The second-order valence-electron chi connectivity index (χ2n) is 8.39. The Morgan fingerprint density at radius 3 is 2.59 bits per heavy atom. The molecule has 3 N–H and O–H groups in total. The Hall–Kier alpha value is -4.62. The minimum absolute atomic E-state index is 0.0187. The topological polar surface area (TPSA) is 136 Å². The van der Waals surface area contributed by atoms with E-state index >= 15 is 0 Å². The molecule has 2 aromatic carbocycles. The van der Waals surface area contributed by atoms with Crippen LogP contribution >= 0.6 is 11.3 Å². The van der Waals surface area contributed by atoms with Gasteiger partial charge in [-0.3, -0.25) is 14.2 Å². The van der Waals surface area contributed by atoms with Gasteiger partial charge in [-0.05, 0) is 43.2 Å². The van der Waals surface area contributed by atoms with Crippen molar-refractivity contribution >= 4 is 46.4 Å². The fourth-order valence-corrected chi connectivity index (χ4v) is 5.37. The predicted molar refractivity (Wildman–Crippen MR) is 141 cm³/mol. The zero-order chi connectivity index (χ0) is 26.9. The van der Waals surface area contributed by atoms with Crippen molar-refractivity contribution in [1.82, 2.24) is 4.57 Å². The zero-order valence-electron chi connectivity index (χ0n) is 20.6. The molecule has 3 aromatic rings. The Kier molecular flexibility index (Phi) is 7.00. The van der Waals surface area contributed by atoms with Gasteiger partial charge in [0.15, 0.2) is 0 Å². The number of aromatic nitrogens is 1. The van der Waals surface area contributed by atoms with Crippen molar-refractivity contribution < 1.29 is 19.1 Å². The molecule has 0 aliphatic carbocycles. The third-order valence-corrected chi connectivity index (χ3v) is 7.13. The summed E-state index contributed by atoms with van der Waals surface area (Å²) in [4.78, 5) is 39.1. The highest BCUT2D eigenvalue weighted by atomic mass is 32.1. The van der Waals surface area contributed by atoms with E-state index in [-0.39, 0.29) is 26.2 Å². The fourth-order valence-electron chi connectivity index (χ4n) is 4.23. The van der Waals surface area contributed by atoms with Crippen molar-refractivity contribution in [3.8, 4) is 11.8 Å². The number of ether oxygens (including phenoxy) is 2. The zero-order valence-corrected chi connectivity index (χ0v) is 21.4. The molecule has 1 aliphatic heterocycles. The second kappa shape index (κ2) is 10.2. The summed E-state index contributed by atoms with van der Waals surface area (Å²) in [5, 5.41) is 13.1. The van der Waals surface area contributed by atoms with E-state index < -0.39 is 23.4 Å². The highest BCUT2D eigenvalue weighted by Crippen LogP contribution is 2.38. The first kappa shape index (κ1) is 25.5. The van der Waals surface area contributed by atoms with E-state index in [1.54, 1.807) is 30.3 Å². The largest absolute Gasteiger partial charge is 0.497 e.